The summed E-state index contributed by atoms with van der Waals surface area (Å²) >= 11 is 0. The quantitative estimate of drug-likeness (QED) is 0.630. The Morgan fingerprint density at radius 1 is 1.30 bits per heavy atom. The summed E-state index contributed by atoms with van der Waals surface area (Å²) in [5.74, 6) is 1.25. The number of aromatic hydroxyl groups is 1. The second-order valence-electron chi connectivity index (χ2n) is 10.0. The molecule has 5 heteroatoms. The maximum Gasteiger partial charge on any atom is 0.165 e. The molecule has 1 aromatic carbocycles. The molecule has 0 radical (unpaired) electrons. The number of phenolic OH excluding ortho intramolecular Hbond substituents is 1. The van der Waals surface area contributed by atoms with Crippen LogP contribution in [0.2, 0.25) is 0 Å². The van der Waals surface area contributed by atoms with Gasteiger partial charge in [0.15, 0.2) is 11.5 Å². The first kappa shape index (κ1) is 16.4. The monoisotopic (exact) mass is 370 g/mol. The number of carbonyl (C=O) groups excluding carboxylic acids is 1. The van der Waals surface area contributed by atoms with E-state index in [4.69, 9.17) is 4.74 Å². The molecule has 0 amide bonds. The Balaban J connectivity index is 1.59. The van der Waals surface area contributed by atoms with Crippen molar-refractivity contribution in [2.45, 2.75) is 61.7 Å². The number of phenols is 1. The molecule has 27 heavy (non-hydrogen) atoms. The first-order chi connectivity index (χ1) is 12.9. The van der Waals surface area contributed by atoms with E-state index in [1.165, 1.54) is 18.4 Å². The van der Waals surface area contributed by atoms with E-state index in [-0.39, 0.29) is 23.8 Å². The van der Waals surface area contributed by atoms with Gasteiger partial charge in [-0.2, -0.15) is 0 Å². The Morgan fingerprint density at radius 2 is 2.11 bits per heavy atom. The Morgan fingerprint density at radius 3 is 2.85 bits per heavy atom. The number of benzene rings is 1. The smallest absolute Gasteiger partial charge is 0.165 e. The number of likely N-dealkylation sites (N-methyl/N-ethyl adjacent to an activating group) is 1. The van der Waals surface area contributed by atoms with E-state index in [2.05, 4.69) is 7.05 Å². The van der Waals surface area contributed by atoms with Crippen molar-refractivity contribution >= 4 is 6.29 Å². The number of likely N-dealkylation sites (tertiary alicyclic amines) is 1. The van der Waals surface area contributed by atoms with Gasteiger partial charge in [0, 0.05) is 24.3 Å². The number of aliphatic hydroxyl groups is 1. The molecule has 2 N–H and O–H groups in total. The SMILES string of the molecule is C[N+]1(CC2CC2)CC[C@]23c4c5ccc(O)c4OC2C(C=O)CCC3(O)C1C5. The van der Waals surface area contributed by atoms with E-state index in [9.17, 15) is 15.0 Å². The molecule has 2 bridgehead atoms. The summed E-state index contributed by atoms with van der Waals surface area (Å²) in [6.07, 6.45) is 6.25. The molecule has 6 rings (SSSR count). The second kappa shape index (κ2) is 4.87. The van der Waals surface area contributed by atoms with E-state index in [0.717, 1.165) is 48.2 Å². The van der Waals surface area contributed by atoms with Crippen LogP contribution in [-0.4, -0.2) is 58.9 Å². The van der Waals surface area contributed by atoms with Crippen LogP contribution in [0.1, 0.15) is 43.2 Å². The second-order valence-corrected chi connectivity index (χ2v) is 10.0. The Labute approximate surface area is 159 Å². The summed E-state index contributed by atoms with van der Waals surface area (Å²) in [6, 6.07) is 3.88. The minimum absolute atomic E-state index is 0.133. The first-order valence-electron chi connectivity index (χ1n) is 10.5. The van der Waals surface area contributed by atoms with E-state index >= 15 is 0 Å². The molecule has 1 saturated heterocycles. The van der Waals surface area contributed by atoms with Crippen molar-refractivity contribution < 1.29 is 24.2 Å². The van der Waals surface area contributed by atoms with Crippen LogP contribution in [0.3, 0.4) is 0 Å². The fourth-order valence-corrected chi connectivity index (χ4v) is 7.33. The summed E-state index contributed by atoms with van der Waals surface area (Å²) in [5, 5.41) is 22.8. The molecule has 2 heterocycles. The molecule has 3 aliphatic carbocycles. The molecule has 0 aromatic heterocycles. The highest BCUT2D eigenvalue weighted by Crippen LogP contribution is 2.67. The van der Waals surface area contributed by atoms with Crippen LogP contribution in [0, 0.1) is 11.8 Å². The van der Waals surface area contributed by atoms with Gasteiger partial charge in [-0.15, -0.1) is 0 Å². The third-order valence-corrected chi connectivity index (χ3v) is 8.70. The molecule has 5 aliphatic rings. The molecule has 5 nitrogen and oxygen atoms in total. The predicted octanol–water partition coefficient (Wildman–Crippen LogP) is 1.92. The predicted molar refractivity (Wildman–Crippen MR) is 98.7 cm³/mol. The molecule has 144 valence electrons. The van der Waals surface area contributed by atoms with Crippen LogP contribution in [0.4, 0.5) is 0 Å². The van der Waals surface area contributed by atoms with Crippen molar-refractivity contribution in [1.29, 1.82) is 0 Å². The normalized spacial score (nSPS) is 46.5. The lowest BCUT2D eigenvalue weighted by atomic mass is 9.47. The number of aldehydes is 1. The molecule has 2 saturated carbocycles. The van der Waals surface area contributed by atoms with Gasteiger partial charge >= 0.3 is 0 Å². The highest BCUT2D eigenvalue weighted by atomic mass is 16.5. The van der Waals surface area contributed by atoms with E-state index in [1.807, 2.05) is 6.07 Å². The number of piperidine rings is 1. The average molecular weight is 370 g/mol. The van der Waals surface area contributed by atoms with Gasteiger partial charge in [0.1, 0.15) is 24.0 Å². The number of ether oxygens (including phenoxy) is 1. The zero-order chi connectivity index (χ0) is 18.6. The lowest BCUT2D eigenvalue weighted by molar-refractivity contribution is -0.950. The van der Waals surface area contributed by atoms with Gasteiger partial charge in [0.2, 0.25) is 0 Å². The molecule has 6 atom stereocenters. The maximum absolute atomic E-state index is 12.3. The summed E-state index contributed by atoms with van der Waals surface area (Å²) in [6.45, 7) is 2.15. The largest absolute Gasteiger partial charge is 0.504 e. The minimum Gasteiger partial charge on any atom is -0.504 e. The third-order valence-electron chi connectivity index (χ3n) is 8.70. The number of quaternary nitrogens is 1. The molecule has 3 fully saturated rings. The van der Waals surface area contributed by atoms with Gasteiger partial charge in [0.05, 0.1) is 31.5 Å². The fourth-order valence-electron chi connectivity index (χ4n) is 7.33. The van der Waals surface area contributed by atoms with Crippen LogP contribution >= 0.6 is 0 Å². The van der Waals surface area contributed by atoms with Crippen molar-refractivity contribution in [3.05, 3.63) is 23.3 Å². The number of rotatable bonds is 3. The van der Waals surface area contributed by atoms with Crippen LogP contribution in [0.15, 0.2) is 12.1 Å². The number of carbonyl (C=O) groups is 1. The lowest BCUT2D eigenvalue weighted by Gasteiger charge is -2.65. The molecular weight excluding hydrogens is 342 g/mol. The molecule has 1 aromatic rings. The van der Waals surface area contributed by atoms with Crippen molar-refractivity contribution in [2.24, 2.45) is 11.8 Å². The number of hydrogen-bond acceptors (Lipinski definition) is 4. The van der Waals surface area contributed by atoms with E-state index in [1.54, 1.807) is 6.07 Å². The Bertz CT molecular complexity index is 851. The third kappa shape index (κ3) is 1.76. The molecule has 1 spiro atoms. The van der Waals surface area contributed by atoms with Crippen LogP contribution < -0.4 is 4.74 Å². The van der Waals surface area contributed by atoms with Crippen LogP contribution in [-0.2, 0) is 16.6 Å². The highest BCUT2D eigenvalue weighted by molar-refractivity contribution is 5.65. The van der Waals surface area contributed by atoms with E-state index < -0.39 is 11.0 Å². The van der Waals surface area contributed by atoms with Gasteiger partial charge < -0.3 is 24.2 Å². The van der Waals surface area contributed by atoms with Gasteiger partial charge in [-0.25, -0.2) is 0 Å². The van der Waals surface area contributed by atoms with Crippen LogP contribution in [0.5, 0.6) is 11.5 Å². The van der Waals surface area contributed by atoms with Gasteiger partial charge in [-0.3, -0.25) is 0 Å². The molecular formula is C22H28NO4+. The van der Waals surface area contributed by atoms with Gasteiger partial charge in [-0.1, -0.05) is 6.07 Å². The average Bonchev–Trinajstić information content (AvgIpc) is 3.37. The van der Waals surface area contributed by atoms with Crippen molar-refractivity contribution in [3.8, 4) is 11.5 Å². The van der Waals surface area contributed by atoms with Gasteiger partial charge in [0.25, 0.3) is 0 Å². The Hall–Kier alpha value is -1.59. The summed E-state index contributed by atoms with van der Waals surface area (Å²) in [4.78, 5) is 11.9. The van der Waals surface area contributed by atoms with Crippen molar-refractivity contribution in [2.75, 3.05) is 20.1 Å². The zero-order valence-corrected chi connectivity index (χ0v) is 15.9. The van der Waals surface area contributed by atoms with Crippen molar-refractivity contribution in [3.63, 3.8) is 0 Å². The topological polar surface area (TPSA) is 66.8 Å². The number of nitrogens with zero attached hydrogens (tertiary/aromatic N) is 1. The summed E-state index contributed by atoms with van der Waals surface area (Å²) in [5.41, 5.74) is 0.789. The number of hydrogen-bond donors (Lipinski definition) is 2. The highest BCUT2D eigenvalue weighted by Gasteiger charge is 2.76. The summed E-state index contributed by atoms with van der Waals surface area (Å²) in [7, 11) is 2.33. The molecule has 5 unspecified atom stereocenters. The van der Waals surface area contributed by atoms with Crippen molar-refractivity contribution in [1.82, 2.24) is 0 Å². The zero-order valence-electron chi connectivity index (χ0n) is 15.9. The Kier molecular flexibility index (Phi) is 2.95. The first-order valence-corrected chi connectivity index (χ1v) is 10.5. The van der Waals surface area contributed by atoms with E-state index in [0.29, 0.717) is 18.6 Å². The van der Waals surface area contributed by atoms with Gasteiger partial charge in [-0.05, 0) is 37.3 Å². The minimum atomic E-state index is -0.870. The fraction of sp³-hybridized carbons (Fsp3) is 0.682. The van der Waals surface area contributed by atoms with Crippen LogP contribution in [0.25, 0.3) is 0 Å². The standard InChI is InChI=1S/C22H27NO4/c1-23(11-13-2-3-13)9-8-21-18-14-4-5-16(25)19(18)27-20(21)15(12-24)6-7-22(21,26)17(23)10-14/h4-5,12-13,15,17,20,26H,2-3,6-11H2,1H3/p+1/t15?,17?,20?,21-,22?,23?/m0/s1. The lowest BCUT2D eigenvalue weighted by Crippen LogP contribution is -2.80. The summed E-state index contributed by atoms with van der Waals surface area (Å²) < 4.78 is 7.22. The molecule has 2 aliphatic heterocycles. The maximum atomic E-state index is 12.3.